The second-order valence-corrected chi connectivity index (χ2v) is 6.31. The Morgan fingerprint density at radius 1 is 1.11 bits per heavy atom. The molecule has 9 heteroatoms. The smallest absolute Gasteiger partial charge is 0.335 e. The van der Waals surface area contributed by atoms with Gasteiger partial charge in [0, 0.05) is 22.4 Å². The maximum Gasteiger partial charge on any atom is 0.335 e. The van der Waals surface area contributed by atoms with Gasteiger partial charge in [-0.25, -0.2) is 9.69 Å². The van der Waals surface area contributed by atoms with Crippen LogP contribution in [-0.4, -0.2) is 37.0 Å². The van der Waals surface area contributed by atoms with E-state index in [0.717, 1.165) is 4.90 Å². The van der Waals surface area contributed by atoms with Gasteiger partial charge >= 0.3 is 6.03 Å². The van der Waals surface area contributed by atoms with Crippen LogP contribution in [0.25, 0.3) is 6.08 Å². The Hall–Kier alpha value is -3.20. The van der Waals surface area contributed by atoms with Crippen LogP contribution in [0.15, 0.2) is 46.7 Å². The topological polar surface area (TPSA) is 97.8 Å². The fourth-order valence-corrected chi connectivity index (χ4v) is 3.06. The Bertz CT molecular complexity index is 959. The van der Waals surface area contributed by atoms with Crippen LogP contribution >= 0.6 is 15.9 Å². The van der Waals surface area contributed by atoms with Crippen molar-refractivity contribution < 1.29 is 23.9 Å². The first-order valence-corrected chi connectivity index (χ1v) is 8.48. The molecule has 0 radical (unpaired) electrons. The molecule has 4 amide bonds. The third kappa shape index (κ3) is 3.54. The van der Waals surface area contributed by atoms with Gasteiger partial charge in [0.05, 0.1) is 19.9 Å². The summed E-state index contributed by atoms with van der Waals surface area (Å²) < 4.78 is 11.3. The Labute approximate surface area is 162 Å². The van der Waals surface area contributed by atoms with Crippen molar-refractivity contribution in [1.29, 1.82) is 0 Å². The van der Waals surface area contributed by atoms with Gasteiger partial charge in [-0.1, -0.05) is 15.9 Å². The predicted molar refractivity (Wildman–Crippen MR) is 100 cm³/mol. The van der Waals surface area contributed by atoms with E-state index in [1.807, 2.05) is 0 Å². The number of nitrogens with zero attached hydrogens (tertiary/aromatic N) is 2. The van der Waals surface area contributed by atoms with Gasteiger partial charge in [-0.2, -0.15) is 0 Å². The minimum absolute atomic E-state index is 0.218. The number of aromatic nitrogens is 1. The summed E-state index contributed by atoms with van der Waals surface area (Å²) in [5.74, 6) is -0.780. The van der Waals surface area contributed by atoms with Gasteiger partial charge in [-0.3, -0.25) is 19.9 Å². The first kappa shape index (κ1) is 18.6. The van der Waals surface area contributed by atoms with Crippen molar-refractivity contribution in [2.75, 3.05) is 19.1 Å². The molecule has 8 nitrogen and oxygen atoms in total. The summed E-state index contributed by atoms with van der Waals surface area (Å²) in [6, 6.07) is 5.52. The minimum atomic E-state index is -0.827. The summed E-state index contributed by atoms with van der Waals surface area (Å²) in [5.41, 5.74) is 0.515. The van der Waals surface area contributed by atoms with Crippen LogP contribution in [0, 0.1) is 0 Å². The number of benzene rings is 1. The summed E-state index contributed by atoms with van der Waals surface area (Å²) in [7, 11) is 2.92. The predicted octanol–water partition coefficient (Wildman–Crippen LogP) is 2.53. The molecule has 3 rings (SSSR count). The third-order valence-electron chi connectivity index (χ3n) is 3.79. The van der Waals surface area contributed by atoms with E-state index in [9.17, 15) is 14.4 Å². The largest absolute Gasteiger partial charge is 0.493 e. The fourth-order valence-electron chi connectivity index (χ4n) is 2.61. The van der Waals surface area contributed by atoms with Gasteiger partial charge in [0.15, 0.2) is 11.5 Å². The number of barbiturate groups is 1. The average Bonchev–Trinajstić information content (AvgIpc) is 2.65. The number of carbonyl (C=O) groups is 3. The number of methoxy groups -OCH3 is 2. The standard InChI is InChI=1S/C18H14BrN3O5/c1-26-14-9-11(19)7-10(15(14)27-2)8-13-16(23)21-18(25)22(17(13)24)12-3-5-20-6-4-12/h3-9H,1-2H3,(H,21,23,25)/b13-8+. The van der Waals surface area contributed by atoms with Crippen molar-refractivity contribution in [3.8, 4) is 11.5 Å². The van der Waals surface area contributed by atoms with Crippen LogP contribution in [0.5, 0.6) is 11.5 Å². The van der Waals surface area contributed by atoms with Crippen LogP contribution in [0.1, 0.15) is 5.56 Å². The number of anilines is 1. The normalized spacial score (nSPS) is 15.7. The second-order valence-electron chi connectivity index (χ2n) is 5.39. The van der Waals surface area contributed by atoms with E-state index >= 15 is 0 Å². The molecule has 27 heavy (non-hydrogen) atoms. The van der Waals surface area contributed by atoms with E-state index < -0.39 is 17.8 Å². The molecular weight excluding hydrogens is 418 g/mol. The lowest BCUT2D eigenvalue weighted by molar-refractivity contribution is -0.122. The van der Waals surface area contributed by atoms with E-state index in [4.69, 9.17) is 9.47 Å². The molecule has 0 spiro atoms. The average molecular weight is 432 g/mol. The van der Waals surface area contributed by atoms with E-state index in [1.165, 1.54) is 44.8 Å². The van der Waals surface area contributed by atoms with E-state index in [-0.39, 0.29) is 5.57 Å². The van der Waals surface area contributed by atoms with E-state index in [1.54, 1.807) is 12.1 Å². The number of nitrogens with one attached hydrogen (secondary N) is 1. The summed E-state index contributed by atoms with van der Waals surface area (Å²) in [6.45, 7) is 0. The first-order chi connectivity index (χ1) is 13.0. The van der Waals surface area contributed by atoms with Crippen LogP contribution < -0.4 is 19.7 Å². The highest BCUT2D eigenvalue weighted by Crippen LogP contribution is 2.36. The molecule has 138 valence electrons. The van der Waals surface area contributed by atoms with Gasteiger partial charge < -0.3 is 9.47 Å². The third-order valence-corrected chi connectivity index (χ3v) is 4.25. The lowest BCUT2D eigenvalue weighted by Gasteiger charge is -2.26. The number of imide groups is 2. The second kappa shape index (κ2) is 7.58. The van der Waals surface area contributed by atoms with Crippen LogP contribution in [0.3, 0.4) is 0 Å². The summed E-state index contributed by atoms with van der Waals surface area (Å²) in [6.07, 6.45) is 4.24. The van der Waals surface area contributed by atoms with Gasteiger partial charge in [0.2, 0.25) is 0 Å². The molecule has 0 unspecified atom stereocenters. The summed E-state index contributed by atoms with van der Waals surface area (Å²) in [4.78, 5) is 42.0. The minimum Gasteiger partial charge on any atom is -0.493 e. The molecule has 0 saturated carbocycles. The van der Waals surface area contributed by atoms with Gasteiger partial charge in [0.25, 0.3) is 11.8 Å². The van der Waals surface area contributed by atoms with Gasteiger partial charge in [0.1, 0.15) is 5.57 Å². The monoisotopic (exact) mass is 431 g/mol. The highest BCUT2D eigenvalue weighted by molar-refractivity contribution is 9.10. The van der Waals surface area contributed by atoms with E-state index in [2.05, 4.69) is 26.2 Å². The van der Waals surface area contributed by atoms with Crippen molar-refractivity contribution in [3.05, 3.63) is 52.3 Å². The zero-order valence-electron chi connectivity index (χ0n) is 14.4. The number of urea groups is 1. The highest BCUT2D eigenvalue weighted by atomic mass is 79.9. The number of rotatable bonds is 4. The molecule has 1 fully saturated rings. The van der Waals surface area contributed by atoms with Crippen LogP contribution in [0.4, 0.5) is 10.5 Å². The SMILES string of the molecule is COc1cc(Br)cc(/C=C2\C(=O)NC(=O)N(c3ccncc3)C2=O)c1OC. The lowest BCUT2D eigenvalue weighted by Crippen LogP contribution is -2.54. The van der Waals surface area contributed by atoms with Crippen molar-refractivity contribution >= 4 is 45.5 Å². The number of hydrogen-bond acceptors (Lipinski definition) is 6. The van der Waals surface area contributed by atoms with Gasteiger partial charge in [-0.05, 0) is 30.3 Å². The highest BCUT2D eigenvalue weighted by Gasteiger charge is 2.37. The maximum atomic E-state index is 12.9. The zero-order valence-corrected chi connectivity index (χ0v) is 15.9. The molecule has 0 atom stereocenters. The molecular formula is C18H14BrN3O5. The van der Waals surface area contributed by atoms with Crippen molar-refractivity contribution in [3.63, 3.8) is 0 Å². The number of halogens is 1. The van der Waals surface area contributed by atoms with Crippen molar-refractivity contribution in [1.82, 2.24) is 10.3 Å². The molecule has 2 aromatic rings. The van der Waals surface area contributed by atoms with Crippen molar-refractivity contribution in [2.24, 2.45) is 0 Å². The Kier molecular flexibility index (Phi) is 5.22. The molecule has 1 N–H and O–H groups in total. The summed E-state index contributed by atoms with van der Waals surface area (Å²) >= 11 is 3.35. The number of carbonyl (C=O) groups excluding carboxylic acids is 3. The molecule has 2 heterocycles. The maximum absolute atomic E-state index is 12.9. The first-order valence-electron chi connectivity index (χ1n) is 7.69. The van der Waals surface area contributed by atoms with E-state index in [0.29, 0.717) is 27.2 Å². The van der Waals surface area contributed by atoms with Crippen LogP contribution in [-0.2, 0) is 9.59 Å². The Morgan fingerprint density at radius 2 is 1.81 bits per heavy atom. The molecule has 1 aliphatic heterocycles. The number of hydrogen-bond donors (Lipinski definition) is 1. The molecule has 0 bridgehead atoms. The molecule has 1 aliphatic rings. The Balaban J connectivity index is 2.10. The fraction of sp³-hybridized carbons (Fsp3) is 0.111. The van der Waals surface area contributed by atoms with Gasteiger partial charge in [-0.15, -0.1) is 0 Å². The molecule has 1 aromatic carbocycles. The molecule has 1 saturated heterocycles. The van der Waals surface area contributed by atoms with Crippen molar-refractivity contribution in [2.45, 2.75) is 0 Å². The Morgan fingerprint density at radius 3 is 2.44 bits per heavy atom. The molecule has 1 aromatic heterocycles. The zero-order chi connectivity index (χ0) is 19.6. The lowest BCUT2D eigenvalue weighted by atomic mass is 10.1. The number of ether oxygens (including phenoxy) is 2. The number of amides is 4. The summed E-state index contributed by atoms with van der Waals surface area (Å²) in [5, 5.41) is 2.16. The number of pyridine rings is 1. The van der Waals surface area contributed by atoms with Crippen LogP contribution in [0.2, 0.25) is 0 Å². The quantitative estimate of drug-likeness (QED) is 0.589. The molecule has 0 aliphatic carbocycles.